The highest BCUT2D eigenvalue weighted by molar-refractivity contribution is 5.35. The van der Waals surface area contributed by atoms with Crippen molar-refractivity contribution >= 4 is 5.69 Å². The second-order valence-electron chi connectivity index (χ2n) is 4.72. The molecule has 5 nitrogen and oxygen atoms in total. The molecule has 0 amide bonds. The number of hydrogen-bond donors (Lipinski definition) is 1. The first-order valence-corrected chi connectivity index (χ1v) is 6.65. The van der Waals surface area contributed by atoms with Crippen molar-refractivity contribution in [1.29, 1.82) is 0 Å². The standard InChI is InChI=1S/C15H18N2O3/c1-3-14(15-8-5-9-20-15)16-11(2)12-6-4-7-13(10-12)17(18)19/h4-11,14,16H,3H2,1-2H3. The molecular formula is C15H18N2O3. The minimum Gasteiger partial charge on any atom is -0.468 e. The van der Waals surface area contributed by atoms with E-state index in [1.165, 1.54) is 6.07 Å². The van der Waals surface area contributed by atoms with Crippen LogP contribution in [0.15, 0.2) is 47.1 Å². The predicted octanol–water partition coefficient (Wildman–Crippen LogP) is 3.99. The summed E-state index contributed by atoms with van der Waals surface area (Å²) in [7, 11) is 0. The van der Waals surface area contributed by atoms with Crippen LogP contribution in [-0.4, -0.2) is 4.92 Å². The molecule has 20 heavy (non-hydrogen) atoms. The van der Waals surface area contributed by atoms with Gasteiger partial charge >= 0.3 is 0 Å². The number of benzene rings is 1. The molecule has 0 aliphatic rings. The minimum atomic E-state index is -0.375. The lowest BCUT2D eigenvalue weighted by Gasteiger charge is -2.21. The van der Waals surface area contributed by atoms with E-state index in [0.717, 1.165) is 17.7 Å². The van der Waals surface area contributed by atoms with Crippen molar-refractivity contribution < 1.29 is 9.34 Å². The lowest BCUT2D eigenvalue weighted by molar-refractivity contribution is -0.384. The van der Waals surface area contributed by atoms with Gasteiger partial charge in [-0.15, -0.1) is 0 Å². The summed E-state index contributed by atoms with van der Waals surface area (Å²) in [5.41, 5.74) is 1.01. The van der Waals surface area contributed by atoms with Crippen molar-refractivity contribution in [2.75, 3.05) is 0 Å². The van der Waals surface area contributed by atoms with Gasteiger partial charge in [-0.2, -0.15) is 0 Å². The van der Waals surface area contributed by atoms with Gasteiger partial charge in [0.05, 0.1) is 17.2 Å². The molecule has 2 atom stereocenters. The summed E-state index contributed by atoms with van der Waals surface area (Å²) in [6.07, 6.45) is 2.53. The zero-order valence-corrected chi connectivity index (χ0v) is 11.6. The van der Waals surface area contributed by atoms with Crippen LogP contribution in [0.3, 0.4) is 0 Å². The molecule has 1 heterocycles. The van der Waals surface area contributed by atoms with Gasteiger partial charge in [0.1, 0.15) is 5.76 Å². The number of nitro benzene ring substituents is 1. The number of furan rings is 1. The molecule has 1 aromatic carbocycles. The molecular weight excluding hydrogens is 256 g/mol. The van der Waals surface area contributed by atoms with E-state index in [2.05, 4.69) is 12.2 Å². The summed E-state index contributed by atoms with van der Waals surface area (Å²) < 4.78 is 5.41. The highest BCUT2D eigenvalue weighted by Gasteiger charge is 2.17. The third kappa shape index (κ3) is 3.24. The highest BCUT2D eigenvalue weighted by atomic mass is 16.6. The van der Waals surface area contributed by atoms with E-state index in [4.69, 9.17) is 4.42 Å². The molecule has 0 saturated carbocycles. The third-order valence-corrected chi connectivity index (χ3v) is 3.33. The maximum Gasteiger partial charge on any atom is 0.269 e. The third-order valence-electron chi connectivity index (χ3n) is 3.33. The van der Waals surface area contributed by atoms with Crippen molar-refractivity contribution in [2.45, 2.75) is 32.4 Å². The molecule has 1 aromatic heterocycles. The summed E-state index contributed by atoms with van der Waals surface area (Å²) in [4.78, 5) is 10.4. The number of nitrogens with one attached hydrogen (secondary N) is 1. The molecule has 0 fully saturated rings. The molecule has 2 unspecified atom stereocenters. The van der Waals surface area contributed by atoms with E-state index < -0.39 is 0 Å². The molecule has 5 heteroatoms. The first-order valence-electron chi connectivity index (χ1n) is 6.65. The summed E-state index contributed by atoms with van der Waals surface area (Å²) in [5, 5.41) is 14.2. The van der Waals surface area contributed by atoms with Crippen LogP contribution in [0.2, 0.25) is 0 Å². The second kappa shape index (κ2) is 6.34. The number of non-ortho nitro benzene ring substituents is 1. The predicted molar refractivity (Wildman–Crippen MR) is 76.4 cm³/mol. The van der Waals surface area contributed by atoms with Crippen molar-refractivity contribution in [2.24, 2.45) is 0 Å². The smallest absolute Gasteiger partial charge is 0.269 e. The van der Waals surface area contributed by atoms with Crippen molar-refractivity contribution in [1.82, 2.24) is 5.32 Å². The Morgan fingerprint density at radius 3 is 2.75 bits per heavy atom. The van der Waals surface area contributed by atoms with E-state index in [9.17, 15) is 10.1 Å². The lowest BCUT2D eigenvalue weighted by Crippen LogP contribution is -2.23. The van der Waals surface area contributed by atoms with Crippen LogP contribution in [0.1, 0.15) is 43.7 Å². The highest BCUT2D eigenvalue weighted by Crippen LogP contribution is 2.24. The van der Waals surface area contributed by atoms with Crippen LogP contribution in [-0.2, 0) is 0 Å². The summed E-state index contributed by atoms with van der Waals surface area (Å²) in [5.74, 6) is 0.879. The van der Waals surface area contributed by atoms with E-state index in [-0.39, 0.29) is 22.7 Å². The van der Waals surface area contributed by atoms with E-state index in [1.54, 1.807) is 18.4 Å². The molecule has 1 N–H and O–H groups in total. The van der Waals surface area contributed by atoms with E-state index >= 15 is 0 Å². The van der Waals surface area contributed by atoms with Gasteiger partial charge < -0.3 is 9.73 Å². The summed E-state index contributed by atoms with van der Waals surface area (Å²) in [6, 6.07) is 10.6. The van der Waals surface area contributed by atoms with Crippen molar-refractivity contribution in [3.05, 3.63) is 64.1 Å². The Bertz CT molecular complexity index is 566. The van der Waals surface area contributed by atoms with E-state index in [0.29, 0.717) is 0 Å². The second-order valence-corrected chi connectivity index (χ2v) is 4.72. The topological polar surface area (TPSA) is 68.3 Å². The minimum absolute atomic E-state index is 0.00458. The van der Waals surface area contributed by atoms with E-state index in [1.807, 2.05) is 25.1 Å². The number of nitro groups is 1. The molecule has 0 bridgehead atoms. The zero-order chi connectivity index (χ0) is 14.5. The van der Waals surface area contributed by atoms with Gasteiger partial charge in [0.2, 0.25) is 0 Å². The molecule has 0 aliphatic heterocycles. The van der Waals surface area contributed by atoms with Crippen LogP contribution < -0.4 is 5.32 Å². The molecule has 0 radical (unpaired) electrons. The maximum absolute atomic E-state index is 10.8. The lowest BCUT2D eigenvalue weighted by atomic mass is 10.0. The monoisotopic (exact) mass is 274 g/mol. The van der Waals surface area contributed by atoms with Crippen LogP contribution in [0, 0.1) is 10.1 Å². The zero-order valence-electron chi connectivity index (χ0n) is 11.6. The van der Waals surface area contributed by atoms with Gasteiger partial charge in [-0.1, -0.05) is 19.1 Å². The number of rotatable bonds is 6. The number of hydrogen-bond acceptors (Lipinski definition) is 4. The average molecular weight is 274 g/mol. The Morgan fingerprint density at radius 1 is 1.35 bits per heavy atom. The Balaban J connectivity index is 2.13. The van der Waals surface area contributed by atoms with Crippen LogP contribution >= 0.6 is 0 Å². The normalized spacial score (nSPS) is 13.9. The Morgan fingerprint density at radius 2 is 2.15 bits per heavy atom. The average Bonchev–Trinajstić information content (AvgIpc) is 2.98. The fourth-order valence-electron chi connectivity index (χ4n) is 2.20. The van der Waals surface area contributed by atoms with Gasteiger partial charge in [0, 0.05) is 18.2 Å². The molecule has 0 saturated heterocycles. The first-order chi connectivity index (χ1) is 9.61. The van der Waals surface area contributed by atoms with Gasteiger partial charge in [0.25, 0.3) is 5.69 Å². The Hall–Kier alpha value is -2.14. The Labute approximate surface area is 117 Å². The first kappa shape index (κ1) is 14.3. The molecule has 2 rings (SSSR count). The van der Waals surface area contributed by atoms with Crippen molar-refractivity contribution in [3.63, 3.8) is 0 Å². The van der Waals surface area contributed by atoms with Crippen LogP contribution in [0.4, 0.5) is 5.69 Å². The maximum atomic E-state index is 10.8. The largest absolute Gasteiger partial charge is 0.468 e. The summed E-state index contributed by atoms with van der Waals surface area (Å²) >= 11 is 0. The van der Waals surface area contributed by atoms with Crippen LogP contribution in [0.25, 0.3) is 0 Å². The van der Waals surface area contributed by atoms with Gasteiger partial charge in [0.15, 0.2) is 0 Å². The van der Waals surface area contributed by atoms with Gasteiger partial charge in [-0.25, -0.2) is 0 Å². The molecule has 106 valence electrons. The number of nitrogens with zero attached hydrogens (tertiary/aromatic N) is 1. The molecule has 0 aliphatic carbocycles. The fraction of sp³-hybridized carbons (Fsp3) is 0.333. The van der Waals surface area contributed by atoms with Gasteiger partial charge in [-0.3, -0.25) is 10.1 Å². The quantitative estimate of drug-likeness (QED) is 0.638. The summed E-state index contributed by atoms with van der Waals surface area (Å²) in [6.45, 7) is 4.06. The SMILES string of the molecule is CCC(NC(C)c1cccc([N+](=O)[O-])c1)c1ccco1. The Kier molecular flexibility index (Phi) is 4.53. The molecule has 2 aromatic rings. The van der Waals surface area contributed by atoms with Crippen molar-refractivity contribution in [3.8, 4) is 0 Å². The fourth-order valence-corrected chi connectivity index (χ4v) is 2.20. The van der Waals surface area contributed by atoms with Crippen LogP contribution in [0.5, 0.6) is 0 Å². The van der Waals surface area contributed by atoms with Gasteiger partial charge in [-0.05, 0) is 31.0 Å². The molecule has 0 spiro atoms.